The summed E-state index contributed by atoms with van der Waals surface area (Å²) in [5.74, 6) is 0.844. The molecular formula is C9H19+. The predicted octanol–water partition coefficient (Wildman–Crippen LogP) is 3.43. The molecule has 54 valence electrons. The fourth-order valence-corrected chi connectivity index (χ4v) is 0.887. The van der Waals surface area contributed by atoms with Gasteiger partial charge in [0.2, 0.25) is 0 Å². The second kappa shape index (κ2) is 6.00. The van der Waals surface area contributed by atoms with E-state index in [1.807, 2.05) is 0 Å². The van der Waals surface area contributed by atoms with Gasteiger partial charge in [-0.25, -0.2) is 0 Å². The first kappa shape index (κ1) is 8.87. The lowest BCUT2D eigenvalue weighted by molar-refractivity contribution is 0.499. The summed E-state index contributed by atoms with van der Waals surface area (Å²) in [5.41, 5.74) is 0. The molecule has 0 heteroatoms. The monoisotopic (exact) mass is 127 g/mol. The Balaban J connectivity index is 2.88. The van der Waals surface area contributed by atoms with Crippen LogP contribution in [0.3, 0.4) is 0 Å². The van der Waals surface area contributed by atoms with Gasteiger partial charge in [0.25, 0.3) is 0 Å². The molecule has 0 fully saturated rings. The van der Waals surface area contributed by atoms with Crippen molar-refractivity contribution in [2.45, 2.75) is 46.0 Å². The van der Waals surface area contributed by atoms with Crippen molar-refractivity contribution in [2.75, 3.05) is 0 Å². The van der Waals surface area contributed by atoms with Crippen molar-refractivity contribution in [3.05, 3.63) is 6.92 Å². The first-order valence-electron chi connectivity index (χ1n) is 4.10. The highest BCUT2D eigenvalue weighted by Crippen LogP contribution is 2.11. The van der Waals surface area contributed by atoms with E-state index in [0.29, 0.717) is 0 Å². The molecule has 9 heavy (non-hydrogen) atoms. The summed E-state index contributed by atoms with van der Waals surface area (Å²) in [6.07, 6.45) is 6.60. The van der Waals surface area contributed by atoms with Crippen LogP contribution in [0.1, 0.15) is 46.0 Å². The van der Waals surface area contributed by atoms with Gasteiger partial charge in [-0.05, 0) is 12.3 Å². The first-order chi connectivity index (χ1) is 4.31. The van der Waals surface area contributed by atoms with Crippen LogP contribution >= 0.6 is 0 Å². The molecule has 0 nitrogen and oxygen atoms in total. The lowest BCUT2D eigenvalue weighted by atomic mass is 10.0. The Morgan fingerprint density at radius 3 is 2.44 bits per heavy atom. The highest BCUT2D eigenvalue weighted by molar-refractivity contribution is 4.53. The number of rotatable bonds is 5. The van der Waals surface area contributed by atoms with Crippen molar-refractivity contribution in [3.8, 4) is 0 Å². The summed E-state index contributed by atoms with van der Waals surface area (Å²) in [5, 5.41) is 0. The molecule has 0 aromatic heterocycles. The Bertz CT molecular complexity index is 48.0. The molecule has 1 atom stereocenters. The van der Waals surface area contributed by atoms with Crippen molar-refractivity contribution in [2.24, 2.45) is 5.92 Å². The van der Waals surface area contributed by atoms with Gasteiger partial charge >= 0.3 is 0 Å². The van der Waals surface area contributed by atoms with Crippen LogP contribution in [0.4, 0.5) is 0 Å². The fraction of sp³-hybridized carbons (Fsp3) is 0.889. The van der Waals surface area contributed by atoms with Gasteiger partial charge in [-0.1, -0.05) is 33.1 Å². The maximum Gasteiger partial charge on any atom is 0.0876 e. The van der Waals surface area contributed by atoms with Crippen LogP contribution in [0.15, 0.2) is 0 Å². The lowest BCUT2D eigenvalue weighted by Gasteiger charge is -2.02. The molecule has 0 bridgehead atoms. The van der Waals surface area contributed by atoms with Crippen LogP contribution in [-0.2, 0) is 0 Å². The van der Waals surface area contributed by atoms with Gasteiger partial charge in [-0.3, -0.25) is 0 Å². The SMILES string of the molecule is [CH2+]CC(C)CCCCC. The van der Waals surface area contributed by atoms with Crippen molar-refractivity contribution >= 4 is 0 Å². The fourth-order valence-electron chi connectivity index (χ4n) is 0.887. The van der Waals surface area contributed by atoms with Crippen LogP contribution in [-0.4, -0.2) is 0 Å². The maximum absolute atomic E-state index is 3.86. The van der Waals surface area contributed by atoms with E-state index in [1.165, 1.54) is 25.7 Å². The largest absolute Gasteiger partial charge is 0.0876 e. The van der Waals surface area contributed by atoms with Crippen LogP contribution in [0.5, 0.6) is 0 Å². The summed E-state index contributed by atoms with van der Waals surface area (Å²) in [7, 11) is 0. The third-order valence-electron chi connectivity index (χ3n) is 1.79. The average molecular weight is 127 g/mol. The van der Waals surface area contributed by atoms with Crippen LogP contribution in [0.25, 0.3) is 0 Å². The third-order valence-corrected chi connectivity index (χ3v) is 1.79. The van der Waals surface area contributed by atoms with Crippen LogP contribution in [0.2, 0.25) is 0 Å². The van der Waals surface area contributed by atoms with Crippen LogP contribution in [0, 0.1) is 12.8 Å². The van der Waals surface area contributed by atoms with Gasteiger partial charge in [0.15, 0.2) is 0 Å². The zero-order valence-electron chi connectivity index (χ0n) is 6.82. The Labute approximate surface area is 59.7 Å². The molecule has 0 aliphatic rings. The molecule has 0 rings (SSSR count). The van der Waals surface area contributed by atoms with E-state index in [1.54, 1.807) is 0 Å². The van der Waals surface area contributed by atoms with Gasteiger partial charge in [0.1, 0.15) is 0 Å². The van der Waals surface area contributed by atoms with Gasteiger partial charge < -0.3 is 0 Å². The molecule has 0 saturated heterocycles. The van der Waals surface area contributed by atoms with Crippen molar-refractivity contribution in [1.29, 1.82) is 0 Å². The molecule has 1 unspecified atom stereocenters. The molecule has 0 aliphatic heterocycles. The van der Waals surface area contributed by atoms with E-state index in [4.69, 9.17) is 0 Å². The molecule has 0 radical (unpaired) electrons. The van der Waals surface area contributed by atoms with E-state index < -0.39 is 0 Å². The second-order valence-electron chi connectivity index (χ2n) is 2.89. The Morgan fingerprint density at radius 2 is 2.00 bits per heavy atom. The van der Waals surface area contributed by atoms with Crippen molar-refractivity contribution < 1.29 is 0 Å². The predicted molar refractivity (Wildman–Crippen MR) is 43.3 cm³/mol. The number of unbranched alkanes of at least 4 members (excludes halogenated alkanes) is 2. The molecule has 0 N–H and O–H groups in total. The summed E-state index contributed by atoms with van der Waals surface area (Å²) in [6.45, 7) is 8.39. The molecule has 0 saturated carbocycles. The topological polar surface area (TPSA) is 0 Å². The van der Waals surface area contributed by atoms with Gasteiger partial charge in [0.05, 0.1) is 13.3 Å². The average Bonchev–Trinajstić information content (AvgIpc) is 1.89. The van der Waals surface area contributed by atoms with E-state index in [9.17, 15) is 0 Å². The number of hydrogen-bond acceptors (Lipinski definition) is 0. The van der Waals surface area contributed by atoms with Crippen LogP contribution < -0.4 is 0 Å². The zero-order chi connectivity index (χ0) is 7.11. The minimum absolute atomic E-state index is 0.844. The molecular weight excluding hydrogens is 108 g/mol. The standard InChI is InChI=1S/C9H19/c1-4-6-7-8-9(3)5-2/h9H,2,4-8H2,1,3H3/q+1. The Kier molecular flexibility index (Phi) is 5.91. The molecule has 0 aromatic rings. The van der Waals surface area contributed by atoms with E-state index in [0.717, 1.165) is 12.3 Å². The lowest BCUT2D eigenvalue weighted by Crippen LogP contribution is -1.90. The van der Waals surface area contributed by atoms with Gasteiger partial charge in [0, 0.05) is 0 Å². The van der Waals surface area contributed by atoms with E-state index in [2.05, 4.69) is 20.8 Å². The minimum Gasteiger partial charge on any atom is -0.0654 e. The number of hydrogen-bond donors (Lipinski definition) is 0. The Hall–Kier alpha value is -0.130. The molecule has 0 heterocycles. The minimum atomic E-state index is 0.844. The highest BCUT2D eigenvalue weighted by atomic mass is 14.0. The normalized spacial score (nSPS) is 13.6. The molecule has 0 spiro atoms. The quantitative estimate of drug-likeness (QED) is 0.392. The van der Waals surface area contributed by atoms with Crippen molar-refractivity contribution in [3.63, 3.8) is 0 Å². The maximum atomic E-state index is 3.86. The summed E-state index contributed by atoms with van der Waals surface area (Å²) >= 11 is 0. The molecule has 0 aliphatic carbocycles. The Morgan fingerprint density at radius 1 is 1.33 bits per heavy atom. The van der Waals surface area contributed by atoms with Gasteiger partial charge in [-0.15, -0.1) is 0 Å². The first-order valence-corrected chi connectivity index (χ1v) is 4.10. The smallest absolute Gasteiger partial charge is 0.0654 e. The molecule has 0 amide bonds. The second-order valence-corrected chi connectivity index (χ2v) is 2.89. The summed E-state index contributed by atoms with van der Waals surface area (Å²) in [4.78, 5) is 0. The van der Waals surface area contributed by atoms with E-state index >= 15 is 0 Å². The van der Waals surface area contributed by atoms with E-state index in [-0.39, 0.29) is 0 Å². The zero-order valence-corrected chi connectivity index (χ0v) is 6.82. The van der Waals surface area contributed by atoms with Gasteiger partial charge in [-0.2, -0.15) is 0 Å². The highest BCUT2D eigenvalue weighted by Gasteiger charge is 1.99. The summed E-state index contributed by atoms with van der Waals surface area (Å²) < 4.78 is 0. The summed E-state index contributed by atoms with van der Waals surface area (Å²) in [6, 6.07) is 0. The van der Waals surface area contributed by atoms with Crippen molar-refractivity contribution in [1.82, 2.24) is 0 Å². The third kappa shape index (κ3) is 5.75. The molecule has 0 aromatic carbocycles.